The van der Waals surface area contributed by atoms with E-state index in [1.807, 2.05) is 18.2 Å². The van der Waals surface area contributed by atoms with Gasteiger partial charge in [0.15, 0.2) is 0 Å². The molecule has 0 amide bonds. The molecule has 2 nitrogen and oxygen atoms in total. The summed E-state index contributed by atoms with van der Waals surface area (Å²) in [6.45, 7) is 4.17. The highest BCUT2D eigenvalue weighted by Crippen LogP contribution is 2.23. The molecule has 1 rings (SSSR count). The fourth-order valence-corrected chi connectivity index (χ4v) is 2.69. The van der Waals surface area contributed by atoms with Gasteiger partial charge in [-0.05, 0) is 44.9 Å². The zero-order valence-corrected chi connectivity index (χ0v) is 12.9. The fourth-order valence-electron chi connectivity index (χ4n) is 1.48. The molecule has 2 N–H and O–H groups in total. The molecular formula is C14H22ClNOS. The van der Waals surface area contributed by atoms with Crippen molar-refractivity contribution in [1.29, 1.82) is 0 Å². The normalized spacial score (nSPS) is 13.6. The molecule has 0 aliphatic rings. The quantitative estimate of drug-likeness (QED) is 0.771. The number of halogens is 1. The van der Waals surface area contributed by atoms with Crippen molar-refractivity contribution in [2.45, 2.75) is 43.2 Å². The average molecular weight is 288 g/mol. The third kappa shape index (κ3) is 6.10. The number of rotatable bonds is 7. The van der Waals surface area contributed by atoms with Crippen LogP contribution in [0, 0.1) is 0 Å². The van der Waals surface area contributed by atoms with E-state index in [1.165, 1.54) is 4.90 Å². The van der Waals surface area contributed by atoms with E-state index in [-0.39, 0.29) is 11.6 Å². The van der Waals surface area contributed by atoms with E-state index in [0.717, 1.165) is 23.6 Å². The SMILES string of the molecule is COC(C)(C)CCC(N)CSc1cccc(Cl)c1. The predicted octanol–water partition coefficient (Wildman–Crippen LogP) is 3.96. The molecule has 0 saturated heterocycles. The second-order valence-corrected chi connectivity index (χ2v) is 6.56. The van der Waals surface area contributed by atoms with Gasteiger partial charge in [-0.25, -0.2) is 0 Å². The molecule has 0 aliphatic heterocycles. The summed E-state index contributed by atoms with van der Waals surface area (Å²) in [6, 6.07) is 8.06. The lowest BCUT2D eigenvalue weighted by Gasteiger charge is -2.24. The average Bonchev–Trinajstić information content (AvgIpc) is 2.34. The summed E-state index contributed by atoms with van der Waals surface area (Å²) in [5.41, 5.74) is 6.03. The summed E-state index contributed by atoms with van der Waals surface area (Å²) < 4.78 is 5.39. The highest BCUT2D eigenvalue weighted by Gasteiger charge is 2.17. The lowest BCUT2D eigenvalue weighted by atomic mass is 10.00. The predicted molar refractivity (Wildman–Crippen MR) is 80.5 cm³/mol. The van der Waals surface area contributed by atoms with Gasteiger partial charge >= 0.3 is 0 Å². The maximum atomic E-state index is 6.11. The molecule has 1 aromatic rings. The van der Waals surface area contributed by atoms with Gasteiger partial charge in [0, 0.05) is 28.8 Å². The Bertz CT molecular complexity index is 371. The Kier molecular flexibility index (Phi) is 6.50. The fraction of sp³-hybridized carbons (Fsp3) is 0.571. The van der Waals surface area contributed by atoms with Gasteiger partial charge in [0.05, 0.1) is 5.60 Å². The van der Waals surface area contributed by atoms with Gasteiger partial charge in [-0.1, -0.05) is 17.7 Å². The third-order valence-corrected chi connectivity index (χ3v) is 4.35. The van der Waals surface area contributed by atoms with E-state index >= 15 is 0 Å². The zero-order valence-electron chi connectivity index (χ0n) is 11.3. The Morgan fingerprint density at radius 3 is 2.78 bits per heavy atom. The van der Waals surface area contributed by atoms with E-state index in [0.29, 0.717) is 0 Å². The van der Waals surface area contributed by atoms with Crippen molar-refractivity contribution in [1.82, 2.24) is 0 Å². The molecule has 1 atom stereocenters. The van der Waals surface area contributed by atoms with Crippen LogP contribution in [-0.4, -0.2) is 24.5 Å². The van der Waals surface area contributed by atoms with Crippen molar-refractivity contribution in [3.05, 3.63) is 29.3 Å². The first-order chi connectivity index (χ1) is 8.43. The molecule has 1 unspecified atom stereocenters. The summed E-state index contributed by atoms with van der Waals surface area (Å²) in [5.74, 6) is 0.903. The minimum Gasteiger partial charge on any atom is -0.379 e. The van der Waals surface area contributed by atoms with Crippen LogP contribution in [0.4, 0.5) is 0 Å². The topological polar surface area (TPSA) is 35.2 Å². The lowest BCUT2D eigenvalue weighted by Crippen LogP contribution is -2.29. The summed E-state index contributed by atoms with van der Waals surface area (Å²) in [5, 5.41) is 0.772. The molecule has 4 heteroatoms. The van der Waals surface area contributed by atoms with E-state index in [2.05, 4.69) is 19.9 Å². The van der Waals surface area contributed by atoms with Crippen molar-refractivity contribution < 1.29 is 4.74 Å². The molecule has 102 valence electrons. The van der Waals surface area contributed by atoms with E-state index in [1.54, 1.807) is 18.9 Å². The number of nitrogens with two attached hydrogens (primary N) is 1. The maximum Gasteiger partial charge on any atom is 0.0623 e. The van der Waals surface area contributed by atoms with Crippen molar-refractivity contribution in [2.24, 2.45) is 5.73 Å². The molecular weight excluding hydrogens is 266 g/mol. The van der Waals surface area contributed by atoms with Crippen LogP contribution in [0.3, 0.4) is 0 Å². The Hall–Kier alpha value is -0.220. The van der Waals surface area contributed by atoms with Gasteiger partial charge in [-0.15, -0.1) is 11.8 Å². The molecule has 0 heterocycles. The number of benzene rings is 1. The van der Waals surface area contributed by atoms with Crippen molar-refractivity contribution >= 4 is 23.4 Å². The van der Waals surface area contributed by atoms with Crippen molar-refractivity contribution in [3.8, 4) is 0 Å². The Morgan fingerprint density at radius 2 is 2.17 bits per heavy atom. The zero-order chi connectivity index (χ0) is 13.6. The third-order valence-electron chi connectivity index (χ3n) is 2.93. The van der Waals surface area contributed by atoms with Crippen LogP contribution >= 0.6 is 23.4 Å². The number of ether oxygens (including phenoxy) is 1. The molecule has 1 aromatic carbocycles. The van der Waals surface area contributed by atoms with Crippen LogP contribution in [0.15, 0.2) is 29.2 Å². The lowest BCUT2D eigenvalue weighted by molar-refractivity contribution is 0.0129. The van der Waals surface area contributed by atoms with Crippen molar-refractivity contribution in [3.63, 3.8) is 0 Å². The highest BCUT2D eigenvalue weighted by molar-refractivity contribution is 7.99. The van der Waals surface area contributed by atoms with Gasteiger partial charge in [0.1, 0.15) is 0 Å². The summed E-state index contributed by atoms with van der Waals surface area (Å²) in [7, 11) is 1.74. The standard InChI is InChI=1S/C14H22ClNOS/c1-14(2,17-3)8-7-12(16)10-18-13-6-4-5-11(15)9-13/h4-6,9,12H,7-8,10,16H2,1-3H3. The molecule has 0 spiro atoms. The minimum atomic E-state index is -0.0850. The van der Waals surface area contributed by atoms with Crippen LogP contribution in [0.2, 0.25) is 5.02 Å². The Balaban J connectivity index is 2.31. The van der Waals surface area contributed by atoms with Crippen LogP contribution in [0.25, 0.3) is 0 Å². The summed E-state index contributed by atoms with van der Waals surface area (Å²) in [4.78, 5) is 1.17. The first kappa shape index (κ1) is 15.8. The second kappa shape index (κ2) is 7.39. The van der Waals surface area contributed by atoms with Gasteiger partial charge in [0.25, 0.3) is 0 Å². The number of thioether (sulfide) groups is 1. The van der Waals surface area contributed by atoms with Gasteiger partial charge in [-0.2, -0.15) is 0 Å². The summed E-state index contributed by atoms with van der Waals surface area (Å²) in [6.07, 6.45) is 1.94. The Labute approximate surface area is 119 Å². The largest absolute Gasteiger partial charge is 0.379 e. The van der Waals surface area contributed by atoms with Gasteiger partial charge in [0.2, 0.25) is 0 Å². The van der Waals surface area contributed by atoms with Crippen LogP contribution in [0.1, 0.15) is 26.7 Å². The molecule has 0 fully saturated rings. The van der Waals surface area contributed by atoms with Crippen LogP contribution < -0.4 is 5.73 Å². The molecule has 0 aliphatic carbocycles. The molecule has 0 radical (unpaired) electrons. The second-order valence-electron chi connectivity index (χ2n) is 5.03. The first-order valence-electron chi connectivity index (χ1n) is 6.12. The minimum absolute atomic E-state index is 0.0850. The summed E-state index contributed by atoms with van der Waals surface area (Å²) >= 11 is 7.69. The van der Waals surface area contributed by atoms with Gasteiger partial charge in [-0.3, -0.25) is 0 Å². The molecule has 0 bridgehead atoms. The van der Waals surface area contributed by atoms with Gasteiger partial charge < -0.3 is 10.5 Å². The first-order valence-corrected chi connectivity index (χ1v) is 7.48. The maximum absolute atomic E-state index is 6.11. The van der Waals surface area contributed by atoms with E-state index in [4.69, 9.17) is 22.1 Å². The smallest absolute Gasteiger partial charge is 0.0623 e. The number of hydrogen-bond donors (Lipinski definition) is 1. The molecule has 0 saturated carbocycles. The monoisotopic (exact) mass is 287 g/mol. The Morgan fingerprint density at radius 1 is 1.44 bits per heavy atom. The number of hydrogen-bond acceptors (Lipinski definition) is 3. The van der Waals surface area contributed by atoms with E-state index < -0.39 is 0 Å². The van der Waals surface area contributed by atoms with Crippen molar-refractivity contribution in [2.75, 3.05) is 12.9 Å². The number of methoxy groups -OCH3 is 1. The van der Waals surface area contributed by atoms with Crippen LogP contribution in [-0.2, 0) is 4.74 Å². The van der Waals surface area contributed by atoms with E-state index in [9.17, 15) is 0 Å². The molecule has 18 heavy (non-hydrogen) atoms. The highest BCUT2D eigenvalue weighted by atomic mass is 35.5. The van der Waals surface area contributed by atoms with Crippen LogP contribution in [0.5, 0.6) is 0 Å². The molecule has 0 aromatic heterocycles.